The lowest BCUT2D eigenvalue weighted by molar-refractivity contribution is -0.592. The molecule has 0 N–H and O–H groups in total. The SMILES string of the molecule is Cn1cc(-c2cc3cccc(Cl)c3c[n+]2[O-])cn1. The molecule has 2 aromatic heterocycles. The van der Waals surface area contributed by atoms with Gasteiger partial charge in [0, 0.05) is 19.3 Å². The molecule has 3 rings (SSSR count). The minimum atomic E-state index is 0.567. The quantitative estimate of drug-likeness (QED) is 0.498. The van der Waals surface area contributed by atoms with Crippen LogP contribution in [0.3, 0.4) is 0 Å². The van der Waals surface area contributed by atoms with Crippen LogP contribution in [0.2, 0.25) is 5.02 Å². The highest BCUT2D eigenvalue weighted by Gasteiger charge is 2.13. The van der Waals surface area contributed by atoms with Crippen molar-refractivity contribution in [2.24, 2.45) is 7.05 Å². The summed E-state index contributed by atoms with van der Waals surface area (Å²) in [4.78, 5) is 0. The molecule has 0 unspecified atom stereocenters. The van der Waals surface area contributed by atoms with Crippen molar-refractivity contribution in [1.29, 1.82) is 0 Å². The lowest BCUT2D eigenvalue weighted by Crippen LogP contribution is -2.28. The Morgan fingerprint density at radius 1 is 1.39 bits per heavy atom. The molecule has 5 heteroatoms. The van der Waals surface area contributed by atoms with Crippen LogP contribution in [0, 0.1) is 5.21 Å². The van der Waals surface area contributed by atoms with E-state index < -0.39 is 0 Å². The molecule has 0 spiro atoms. The second kappa shape index (κ2) is 3.99. The molecule has 0 radical (unpaired) electrons. The van der Waals surface area contributed by atoms with Crippen molar-refractivity contribution in [3.63, 3.8) is 0 Å². The standard InChI is InChI=1S/C13H10ClN3O/c1-16-7-10(6-15-16)13-5-9-3-2-4-12(14)11(9)8-17(13)18/h2-8H,1H3. The van der Waals surface area contributed by atoms with Crippen molar-refractivity contribution in [2.75, 3.05) is 0 Å². The maximum absolute atomic E-state index is 12.0. The molecule has 0 saturated heterocycles. The van der Waals surface area contributed by atoms with Crippen molar-refractivity contribution in [3.8, 4) is 11.3 Å². The Bertz CT molecular complexity index is 736. The maximum Gasteiger partial charge on any atom is 0.227 e. The first-order valence-corrected chi connectivity index (χ1v) is 5.83. The van der Waals surface area contributed by atoms with Gasteiger partial charge in [-0.2, -0.15) is 9.83 Å². The molecule has 90 valence electrons. The monoisotopic (exact) mass is 259 g/mol. The van der Waals surface area contributed by atoms with Crippen LogP contribution < -0.4 is 4.73 Å². The molecule has 0 aliphatic rings. The van der Waals surface area contributed by atoms with Gasteiger partial charge < -0.3 is 5.21 Å². The second-order valence-electron chi connectivity index (χ2n) is 4.13. The molecule has 0 bridgehead atoms. The Hall–Kier alpha value is -2.07. The number of aromatic nitrogens is 3. The molecular weight excluding hydrogens is 250 g/mol. The smallest absolute Gasteiger partial charge is 0.227 e. The van der Waals surface area contributed by atoms with E-state index in [-0.39, 0.29) is 0 Å². The van der Waals surface area contributed by atoms with Gasteiger partial charge in [-0.3, -0.25) is 4.68 Å². The van der Waals surface area contributed by atoms with Crippen LogP contribution in [0.15, 0.2) is 42.9 Å². The molecule has 0 saturated carbocycles. The van der Waals surface area contributed by atoms with E-state index >= 15 is 0 Å². The molecule has 0 amide bonds. The second-order valence-corrected chi connectivity index (χ2v) is 4.54. The summed E-state index contributed by atoms with van der Waals surface area (Å²) in [6, 6.07) is 7.40. The van der Waals surface area contributed by atoms with Crippen LogP contribution in [0.1, 0.15) is 0 Å². The van der Waals surface area contributed by atoms with Gasteiger partial charge in [-0.25, -0.2) is 0 Å². The van der Waals surface area contributed by atoms with E-state index in [0.29, 0.717) is 10.7 Å². The van der Waals surface area contributed by atoms with Gasteiger partial charge in [0.15, 0.2) is 6.20 Å². The molecule has 1 aromatic carbocycles. The lowest BCUT2D eigenvalue weighted by Gasteiger charge is -2.05. The maximum atomic E-state index is 12.0. The number of benzene rings is 1. The lowest BCUT2D eigenvalue weighted by atomic mass is 10.1. The van der Waals surface area contributed by atoms with Crippen molar-refractivity contribution in [2.45, 2.75) is 0 Å². The molecule has 4 nitrogen and oxygen atoms in total. The number of pyridine rings is 1. The van der Waals surface area contributed by atoms with Gasteiger partial charge in [-0.1, -0.05) is 23.7 Å². The largest absolute Gasteiger partial charge is 0.618 e. The van der Waals surface area contributed by atoms with Crippen molar-refractivity contribution in [3.05, 3.63) is 53.1 Å². The van der Waals surface area contributed by atoms with Gasteiger partial charge in [0.25, 0.3) is 0 Å². The minimum absolute atomic E-state index is 0.567. The topological polar surface area (TPSA) is 44.8 Å². The summed E-state index contributed by atoms with van der Waals surface area (Å²) in [6.45, 7) is 0. The Morgan fingerprint density at radius 2 is 2.22 bits per heavy atom. The summed E-state index contributed by atoms with van der Waals surface area (Å²) in [6.07, 6.45) is 4.97. The average Bonchev–Trinajstić information content (AvgIpc) is 2.76. The van der Waals surface area contributed by atoms with E-state index in [9.17, 15) is 5.21 Å². The molecule has 0 aliphatic heterocycles. The Morgan fingerprint density at radius 3 is 2.94 bits per heavy atom. The summed E-state index contributed by atoms with van der Waals surface area (Å²) in [5, 5.41) is 18.4. The third kappa shape index (κ3) is 1.71. The van der Waals surface area contributed by atoms with Crippen LogP contribution in [0.4, 0.5) is 0 Å². The first-order chi connectivity index (χ1) is 8.65. The molecular formula is C13H10ClN3O. The number of aryl methyl sites for hydroxylation is 1. The normalized spacial score (nSPS) is 11.0. The summed E-state index contributed by atoms with van der Waals surface area (Å²) in [5.74, 6) is 0. The van der Waals surface area contributed by atoms with Gasteiger partial charge in [-0.15, -0.1) is 0 Å². The van der Waals surface area contributed by atoms with Crippen LogP contribution in [-0.2, 0) is 7.05 Å². The summed E-state index contributed by atoms with van der Waals surface area (Å²) >= 11 is 6.06. The van der Waals surface area contributed by atoms with E-state index in [1.807, 2.05) is 25.2 Å². The zero-order valence-electron chi connectivity index (χ0n) is 9.67. The van der Waals surface area contributed by atoms with Crippen LogP contribution in [-0.4, -0.2) is 9.78 Å². The fourth-order valence-corrected chi connectivity index (χ4v) is 2.21. The van der Waals surface area contributed by atoms with E-state index in [2.05, 4.69) is 5.10 Å². The van der Waals surface area contributed by atoms with E-state index in [4.69, 9.17) is 11.6 Å². The summed E-state index contributed by atoms with van der Waals surface area (Å²) in [5.41, 5.74) is 1.35. The highest BCUT2D eigenvalue weighted by atomic mass is 35.5. The zero-order valence-corrected chi connectivity index (χ0v) is 10.4. The van der Waals surface area contributed by atoms with Gasteiger partial charge in [0.2, 0.25) is 5.69 Å². The van der Waals surface area contributed by atoms with E-state index in [1.54, 1.807) is 23.1 Å². The van der Waals surface area contributed by atoms with Crippen LogP contribution in [0.25, 0.3) is 22.0 Å². The summed E-state index contributed by atoms with van der Waals surface area (Å²) in [7, 11) is 1.82. The van der Waals surface area contributed by atoms with Gasteiger partial charge in [-0.05, 0) is 11.5 Å². The van der Waals surface area contributed by atoms with Gasteiger partial charge in [0.1, 0.15) is 0 Å². The first-order valence-electron chi connectivity index (χ1n) is 5.45. The summed E-state index contributed by atoms with van der Waals surface area (Å²) < 4.78 is 2.49. The van der Waals surface area contributed by atoms with Gasteiger partial charge in [0.05, 0.1) is 22.2 Å². The number of fused-ring (bicyclic) bond motifs is 1. The fourth-order valence-electron chi connectivity index (χ4n) is 1.98. The number of hydrogen-bond acceptors (Lipinski definition) is 2. The Kier molecular flexibility index (Phi) is 2.45. The van der Waals surface area contributed by atoms with Crippen molar-refractivity contribution >= 4 is 22.4 Å². The highest BCUT2D eigenvalue weighted by Crippen LogP contribution is 2.25. The van der Waals surface area contributed by atoms with Gasteiger partial charge >= 0.3 is 0 Å². The Labute approximate surface area is 109 Å². The molecule has 0 aliphatic carbocycles. The predicted molar refractivity (Wildman–Crippen MR) is 70.1 cm³/mol. The first kappa shape index (κ1) is 11.0. The Balaban J connectivity index is 2.28. The predicted octanol–water partition coefficient (Wildman–Crippen LogP) is 2.53. The molecule has 3 aromatic rings. The third-order valence-corrected chi connectivity index (χ3v) is 3.19. The van der Waals surface area contributed by atoms with Crippen molar-refractivity contribution in [1.82, 2.24) is 9.78 Å². The highest BCUT2D eigenvalue weighted by molar-refractivity contribution is 6.35. The molecule has 0 atom stereocenters. The molecule has 0 fully saturated rings. The number of nitrogens with zero attached hydrogens (tertiary/aromatic N) is 3. The van der Waals surface area contributed by atoms with Crippen LogP contribution >= 0.6 is 11.6 Å². The number of hydrogen-bond donors (Lipinski definition) is 0. The average molecular weight is 260 g/mol. The van der Waals surface area contributed by atoms with Crippen LogP contribution in [0.5, 0.6) is 0 Å². The zero-order chi connectivity index (χ0) is 12.7. The number of halogens is 1. The number of rotatable bonds is 1. The third-order valence-electron chi connectivity index (χ3n) is 2.86. The molecule has 2 heterocycles. The van der Waals surface area contributed by atoms with Crippen molar-refractivity contribution < 1.29 is 4.73 Å². The minimum Gasteiger partial charge on any atom is -0.618 e. The fraction of sp³-hybridized carbons (Fsp3) is 0.0769. The molecule has 18 heavy (non-hydrogen) atoms. The van der Waals surface area contributed by atoms with E-state index in [0.717, 1.165) is 21.1 Å². The van der Waals surface area contributed by atoms with E-state index in [1.165, 1.54) is 6.20 Å².